The zero-order valence-electron chi connectivity index (χ0n) is 15.6. The fourth-order valence-electron chi connectivity index (χ4n) is 3.27. The summed E-state index contributed by atoms with van der Waals surface area (Å²) in [6, 6.07) is 8.84. The molecule has 7 heteroatoms. The topological polar surface area (TPSA) is 89.2 Å². The summed E-state index contributed by atoms with van der Waals surface area (Å²) >= 11 is 0. The molecular formula is C21H20FN5O. The molecule has 1 unspecified atom stereocenters. The molecule has 4 rings (SSSR count). The maximum absolute atomic E-state index is 14.5. The molecule has 28 heavy (non-hydrogen) atoms. The van der Waals surface area contributed by atoms with Gasteiger partial charge in [0.15, 0.2) is 11.6 Å². The summed E-state index contributed by atoms with van der Waals surface area (Å²) in [4.78, 5) is 16.4. The highest BCUT2D eigenvalue weighted by molar-refractivity contribution is 5.96. The van der Waals surface area contributed by atoms with Crippen LogP contribution in [0.1, 0.15) is 17.2 Å². The molecule has 6 nitrogen and oxygen atoms in total. The molecule has 0 saturated carbocycles. The summed E-state index contributed by atoms with van der Waals surface area (Å²) in [5.74, 6) is 0.915. The van der Waals surface area contributed by atoms with Crippen LogP contribution in [0, 0.1) is 12.7 Å². The predicted octanol–water partition coefficient (Wildman–Crippen LogP) is 3.57. The number of methoxy groups -OCH3 is 1. The largest absolute Gasteiger partial charge is 0.493 e. The number of aryl methyl sites for hydroxylation is 1. The van der Waals surface area contributed by atoms with Gasteiger partial charge in [0.25, 0.3) is 0 Å². The van der Waals surface area contributed by atoms with Crippen LogP contribution in [0.3, 0.4) is 0 Å². The van der Waals surface area contributed by atoms with Gasteiger partial charge in [-0.15, -0.1) is 0 Å². The van der Waals surface area contributed by atoms with Crippen molar-refractivity contribution in [2.24, 2.45) is 10.7 Å². The monoisotopic (exact) mass is 377 g/mol. The summed E-state index contributed by atoms with van der Waals surface area (Å²) in [7, 11) is 1.56. The lowest BCUT2D eigenvalue weighted by atomic mass is 9.98. The van der Waals surface area contributed by atoms with Crippen molar-refractivity contribution < 1.29 is 9.13 Å². The highest BCUT2D eigenvalue weighted by atomic mass is 19.1. The number of ether oxygens (including phenoxy) is 1. The highest BCUT2D eigenvalue weighted by Crippen LogP contribution is 2.34. The third-order valence-corrected chi connectivity index (χ3v) is 4.72. The number of halogens is 1. The van der Waals surface area contributed by atoms with Crippen molar-refractivity contribution >= 4 is 5.84 Å². The van der Waals surface area contributed by atoms with Crippen molar-refractivity contribution in [3.8, 4) is 22.6 Å². The minimum atomic E-state index is -0.319. The van der Waals surface area contributed by atoms with Gasteiger partial charge in [-0.1, -0.05) is 6.07 Å². The number of hydrogen-bond acceptors (Lipinski definition) is 5. The molecule has 0 aliphatic carbocycles. The van der Waals surface area contributed by atoms with Crippen molar-refractivity contribution in [2.45, 2.75) is 12.8 Å². The lowest BCUT2D eigenvalue weighted by molar-refractivity contribution is 0.309. The number of nitrogens with two attached hydrogens (primary N) is 1. The fraction of sp³-hybridized carbons (Fsp3) is 0.190. The van der Waals surface area contributed by atoms with Gasteiger partial charge >= 0.3 is 0 Å². The quantitative estimate of drug-likeness (QED) is 0.727. The van der Waals surface area contributed by atoms with E-state index in [1.54, 1.807) is 25.6 Å². The summed E-state index contributed by atoms with van der Waals surface area (Å²) < 4.78 is 19.9. The number of rotatable bonds is 4. The number of dihydropyridines is 1. The molecule has 3 N–H and O–H groups in total. The number of pyridine rings is 1. The normalized spacial score (nSPS) is 16.5. The molecule has 0 saturated heterocycles. The molecule has 1 aliphatic rings. The first kappa shape index (κ1) is 17.9. The summed E-state index contributed by atoms with van der Waals surface area (Å²) in [6.07, 6.45) is 5.32. The van der Waals surface area contributed by atoms with E-state index in [1.807, 2.05) is 31.2 Å². The number of nitrogens with zero attached hydrogens (tertiary/aromatic N) is 3. The van der Waals surface area contributed by atoms with Crippen LogP contribution >= 0.6 is 0 Å². The van der Waals surface area contributed by atoms with Crippen LogP contribution < -0.4 is 5.73 Å². The number of hydrogen-bond donors (Lipinski definition) is 2. The van der Waals surface area contributed by atoms with E-state index in [1.165, 1.54) is 6.07 Å². The summed E-state index contributed by atoms with van der Waals surface area (Å²) in [6.45, 7) is 2.30. The number of benzene rings is 1. The Hall–Kier alpha value is -3.48. The molecule has 2 aromatic heterocycles. The Morgan fingerprint density at radius 3 is 2.71 bits per heavy atom. The van der Waals surface area contributed by atoms with Crippen molar-refractivity contribution in [3.63, 3.8) is 0 Å². The molecule has 0 spiro atoms. The number of aliphatic imine (C=N–C) groups is 1. The average molecular weight is 377 g/mol. The number of H-pyrrole nitrogens is 1. The maximum atomic E-state index is 14.5. The van der Waals surface area contributed by atoms with Crippen molar-refractivity contribution in [1.82, 2.24) is 15.0 Å². The Bertz CT molecular complexity index is 1070. The number of nitrogens with one attached hydrogen (secondary N) is 1. The first-order valence-corrected chi connectivity index (χ1v) is 8.89. The molecule has 0 bridgehead atoms. The number of imidazole rings is 1. The van der Waals surface area contributed by atoms with Gasteiger partial charge in [-0.2, -0.15) is 0 Å². The Morgan fingerprint density at radius 1 is 1.21 bits per heavy atom. The molecule has 0 radical (unpaired) electrons. The summed E-state index contributed by atoms with van der Waals surface area (Å²) in [5, 5.41) is 0. The van der Waals surface area contributed by atoms with Gasteiger partial charge in [-0.25, -0.2) is 9.37 Å². The molecule has 142 valence electrons. The van der Waals surface area contributed by atoms with Crippen LogP contribution in [0.5, 0.6) is 0 Å². The number of aromatic amines is 1. The van der Waals surface area contributed by atoms with E-state index in [0.29, 0.717) is 29.5 Å². The van der Waals surface area contributed by atoms with E-state index in [2.05, 4.69) is 15.0 Å². The molecule has 0 amide bonds. The first-order chi connectivity index (χ1) is 13.6. The van der Waals surface area contributed by atoms with Crippen LogP contribution in [0.15, 0.2) is 59.6 Å². The van der Waals surface area contributed by atoms with E-state index in [-0.39, 0.29) is 11.7 Å². The Balaban J connectivity index is 1.85. The van der Waals surface area contributed by atoms with E-state index >= 15 is 0 Å². The van der Waals surface area contributed by atoms with E-state index < -0.39 is 0 Å². The minimum absolute atomic E-state index is 0.125. The first-order valence-electron chi connectivity index (χ1n) is 8.89. The van der Waals surface area contributed by atoms with Crippen LogP contribution in [-0.2, 0) is 4.74 Å². The summed E-state index contributed by atoms with van der Waals surface area (Å²) in [5.41, 5.74) is 9.59. The predicted molar refractivity (Wildman–Crippen MR) is 106 cm³/mol. The smallest absolute Gasteiger partial charge is 0.161 e. The van der Waals surface area contributed by atoms with Gasteiger partial charge in [-0.3, -0.25) is 9.98 Å². The standard InChI is InChI=1S/C21H20FN5O/c1-12-3-4-15(16(22)9-12)21-26-18(13-5-7-24-8-6-13)19(27-21)14-10-17(28-2)20(23)25-11-14/h3-10,14H,11H2,1-2H3,(H2,23,25)(H,26,27). The second-order valence-corrected chi connectivity index (χ2v) is 6.63. The molecule has 3 aromatic rings. The van der Waals surface area contributed by atoms with E-state index in [0.717, 1.165) is 22.5 Å². The van der Waals surface area contributed by atoms with Gasteiger partial charge in [0, 0.05) is 23.9 Å². The second kappa shape index (κ2) is 7.26. The maximum Gasteiger partial charge on any atom is 0.161 e. The number of amidine groups is 1. The van der Waals surface area contributed by atoms with Gasteiger partial charge in [0.05, 0.1) is 30.6 Å². The van der Waals surface area contributed by atoms with Gasteiger partial charge in [-0.05, 0) is 42.8 Å². The van der Waals surface area contributed by atoms with E-state index in [9.17, 15) is 4.39 Å². The third-order valence-electron chi connectivity index (χ3n) is 4.72. The molecular weight excluding hydrogens is 357 g/mol. The Morgan fingerprint density at radius 2 is 2.00 bits per heavy atom. The minimum Gasteiger partial charge on any atom is -0.493 e. The van der Waals surface area contributed by atoms with Crippen LogP contribution in [0.2, 0.25) is 0 Å². The van der Waals surface area contributed by atoms with Gasteiger partial charge in [0.1, 0.15) is 11.6 Å². The van der Waals surface area contributed by atoms with Crippen LogP contribution in [0.25, 0.3) is 22.6 Å². The lowest BCUT2D eigenvalue weighted by Crippen LogP contribution is -2.23. The Labute approximate surface area is 162 Å². The van der Waals surface area contributed by atoms with Crippen molar-refractivity contribution in [3.05, 3.63) is 71.6 Å². The van der Waals surface area contributed by atoms with Gasteiger partial charge in [0.2, 0.25) is 0 Å². The van der Waals surface area contributed by atoms with Crippen molar-refractivity contribution in [2.75, 3.05) is 13.7 Å². The number of aromatic nitrogens is 3. The molecule has 1 atom stereocenters. The average Bonchev–Trinajstić information content (AvgIpc) is 3.14. The molecule has 1 aromatic carbocycles. The molecule has 1 aliphatic heterocycles. The molecule has 0 fully saturated rings. The second-order valence-electron chi connectivity index (χ2n) is 6.63. The molecule has 3 heterocycles. The van der Waals surface area contributed by atoms with Gasteiger partial charge < -0.3 is 15.5 Å². The third kappa shape index (κ3) is 3.26. The SMILES string of the molecule is COC1=CC(c2[nH]c(-c3ccc(C)cc3F)nc2-c2ccncc2)CN=C1N. The Kier molecular flexibility index (Phi) is 4.65. The fourth-order valence-corrected chi connectivity index (χ4v) is 3.27. The van der Waals surface area contributed by atoms with E-state index in [4.69, 9.17) is 15.5 Å². The van der Waals surface area contributed by atoms with Crippen LogP contribution in [-0.4, -0.2) is 34.4 Å². The van der Waals surface area contributed by atoms with Crippen molar-refractivity contribution in [1.29, 1.82) is 0 Å². The zero-order valence-corrected chi connectivity index (χ0v) is 15.6. The highest BCUT2D eigenvalue weighted by Gasteiger charge is 2.25. The van der Waals surface area contributed by atoms with Crippen LogP contribution in [0.4, 0.5) is 4.39 Å². The zero-order chi connectivity index (χ0) is 19.7. The lowest BCUT2D eigenvalue weighted by Gasteiger charge is -2.18.